The van der Waals surface area contributed by atoms with Crippen molar-refractivity contribution in [2.75, 3.05) is 0 Å². The molecule has 1 N–H and O–H groups in total. The Morgan fingerprint density at radius 3 is 3.00 bits per heavy atom. The number of allylic oxidation sites excluding steroid dienone is 4. The lowest BCUT2D eigenvalue weighted by atomic mass is 10.0. The van der Waals surface area contributed by atoms with Crippen LogP contribution in [0.3, 0.4) is 0 Å². The van der Waals surface area contributed by atoms with E-state index in [0.717, 1.165) is 24.8 Å². The van der Waals surface area contributed by atoms with Gasteiger partial charge < -0.3 is 5.11 Å². The molecule has 0 aromatic rings. The van der Waals surface area contributed by atoms with Gasteiger partial charge in [-0.3, -0.25) is 0 Å². The molecule has 0 unspecified atom stereocenters. The molecule has 0 aliphatic heterocycles. The normalized spacial score (nSPS) is 17.5. The fourth-order valence-electron chi connectivity index (χ4n) is 1.30. The van der Waals surface area contributed by atoms with Gasteiger partial charge in [0.1, 0.15) is 0 Å². The first-order chi connectivity index (χ1) is 5.34. The second-order valence-electron chi connectivity index (χ2n) is 3.02. The van der Waals surface area contributed by atoms with Crippen LogP contribution in [-0.2, 0) is 0 Å². The zero-order valence-corrected chi connectivity index (χ0v) is 7.14. The zero-order chi connectivity index (χ0) is 8.10. The van der Waals surface area contributed by atoms with Crippen LogP contribution < -0.4 is 0 Å². The molecule has 62 valence electrons. The van der Waals surface area contributed by atoms with Crippen molar-refractivity contribution in [3.8, 4) is 0 Å². The standard InChI is InChI=1S/C10H16O/c1-2-3-6-9-7-4-5-8-10(9)11/h4,7,11H,2-3,5-6,8H2,1H3. The minimum Gasteiger partial charge on any atom is -0.512 e. The number of unbranched alkanes of at least 4 members (excludes halogenated alkanes) is 1. The van der Waals surface area contributed by atoms with Crippen LogP contribution in [0.4, 0.5) is 0 Å². The third-order valence-electron chi connectivity index (χ3n) is 2.04. The Hall–Kier alpha value is -0.720. The molecule has 1 aliphatic rings. The van der Waals surface area contributed by atoms with Crippen LogP contribution in [0.25, 0.3) is 0 Å². The van der Waals surface area contributed by atoms with E-state index in [0.29, 0.717) is 5.76 Å². The van der Waals surface area contributed by atoms with Crippen molar-refractivity contribution in [2.24, 2.45) is 0 Å². The second kappa shape index (κ2) is 4.22. The average Bonchev–Trinajstić information content (AvgIpc) is 2.03. The van der Waals surface area contributed by atoms with E-state index in [9.17, 15) is 5.11 Å². The van der Waals surface area contributed by atoms with Crippen molar-refractivity contribution >= 4 is 0 Å². The Morgan fingerprint density at radius 2 is 2.36 bits per heavy atom. The van der Waals surface area contributed by atoms with E-state index < -0.39 is 0 Å². The van der Waals surface area contributed by atoms with Crippen LogP contribution >= 0.6 is 0 Å². The summed E-state index contributed by atoms with van der Waals surface area (Å²) in [4.78, 5) is 0. The van der Waals surface area contributed by atoms with E-state index in [4.69, 9.17) is 0 Å². The maximum atomic E-state index is 9.42. The number of rotatable bonds is 3. The second-order valence-corrected chi connectivity index (χ2v) is 3.02. The maximum Gasteiger partial charge on any atom is 0.0957 e. The fourth-order valence-corrected chi connectivity index (χ4v) is 1.30. The van der Waals surface area contributed by atoms with E-state index in [-0.39, 0.29) is 0 Å². The predicted molar refractivity (Wildman–Crippen MR) is 47.6 cm³/mol. The van der Waals surface area contributed by atoms with Gasteiger partial charge in [-0.2, -0.15) is 0 Å². The smallest absolute Gasteiger partial charge is 0.0957 e. The summed E-state index contributed by atoms with van der Waals surface area (Å²) < 4.78 is 0. The number of aliphatic hydroxyl groups is 1. The molecule has 0 aromatic heterocycles. The number of hydrogen-bond donors (Lipinski definition) is 1. The first-order valence-corrected chi connectivity index (χ1v) is 4.42. The van der Waals surface area contributed by atoms with Crippen molar-refractivity contribution in [3.63, 3.8) is 0 Å². The van der Waals surface area contributed by atoms with Crippen LogP contribution in [0.15, 0.2) is 23.5 Å². The Kier molecular flexibility index (Phi) is 3.21. The minimum absolute atomic E-state index is 0.612. The van der Waals surface area contributed by atoms with Crippen LogP contribution in [0.1, 0.15) is 39.0 Å². The molecule has 0 amide bonds. The van der Waals surface area contributed by atoms with Gasteiger partial charge >= 0.3 is 0 Å². The van der Waals surface area contributed by atoms with Crippen LogP contribution in [0.5, 0.6) is 0 Å². The third-order valence-corrected chi connectivity index (χ3v) is 2.04. The van der Waals surface area contributed by atoms with E-state index >= 15 is 0 Å². The zero-order valence-electron chi connectivity index (χ0n) is 7.14. The average molecular weight is 152 g/mol. The van der Waals surface area contributed by atoms with Gasteiger partial charge in [0.2, 0.25) is 0 Å². The van der Waals surface area contributed by atoms with E-state index in [1.807, 2.05) is 0 Å². The molecular formula is C10H16O. The SMILES string of the molecule is CCCCC1=C(O)CCC=C1. The van der Waals surface area contributed by atoms with Crippen molar-refractivity contribution in [1.29, 1.82) is 0 Å². The molecule has 0 radical (unpaired) electrons. The maximum absolute atomic E-state index is 9.42. The topological polar surface area (TPSA) is 20.2 Å². The highest BCUT2D eigenvalue weighted by atomic mass is 16.3. The van der Waals surface area contributed by atoms with Crippen LogP contribution in [-0.4, -0.2) is 5.11 Å². The number of aliphatic hydroxyl groups excluding tert-OH is 1. The van der Waals surface area contributed by atoms with Crippen LogP contribution in [0.2, 0.25) is 0 Å². The van der Waals surface area contributed by atoms with Crippen molar-refractivity contribution in [2.45, 2.75) is 39.0 Å². The summed E-state index contributed by atoms with van der Waals surface area (Å²) in [6.07, 6.45) is 9.48. The summed E-state index contributed by atoms with van der Waals surface area (Å²) >= 11 is 0. The summed E-state index contributed by atoms with van der Waals surface area (Å²) in [5, 5.41) is 9.42. The van der Waals surface area contributed by atoms with Gasteiger partial charge in [0.05, 0.1) is 5.76 Å². The van der Waals surface area contributed by atoms with Gasteiger partial charge in [0.15, 0.2) is 0 Å². The van der Waals surface area contributed by atoms with Gasteiger partial charge in [-0.15, -0.1) is 0 Å². The Labute approximate surface area is 68.4 Å². The molecule has 1 aliphatic carbocycles. The van der Waals surface area contributed by atoms with E-state index in [1.54, 1.807) is 0 Å². The summed E-state index contributed by atoms with van der Waals surface area (Å²) in [5.41, 5.74) is 1.15. The molecule has 11 heavy (non-hydrogen) atoms. The molecule has 0 saturated carbocycles. The molecule has 0 atom stereocenters. The molecule has 1 rings (SSSR count). The molecule has 1 heteroatoms. The van der Waals surface area contributed by atoms with Gasteiger partial charge in [0, 0.05) is 6.42 Å². The molecule has 0 heterocycles. The van der Waals surface area contributed by atoms with E-state index in [2.05, 4.69) is 19.1 Å². The van der Waals surface area contributed by atoms with Gasteiger partial charge in [-0.05, 0) is 24.8 Å². The van der Waals surface area contributed by atoms with Crippen molar-refractivity contribution in [3.05, 3.63) is 23.5 Å². The Morgan fingerprint density at radius 1 is 1.55 bits per heavy atom. The Bertz CT molecular complexity index is 177. The van der Waals surface area contributed by atoms with Crippen molar-refractivity contribution in [1.82, 2.24) is 0 Å². The fraction of sp³-hybridized carbons (Fsp3) is 0.600. The third kappa shape index (κ3) is 2.41. The molecule has 0 spiro atoms. The molecule has 0 aromatic carbocycles. The quantitative estimate of drug-likeness (QED) is 0.657. The summed E-state index contributed by atoms with van der Waals surface area (Å²) in [7, 11) is 0. The minimum atomic E-state index is 0.612. The van der Waals surface area contributed by atoms with Gasteiger partial charge in [-0.1, -0.05) is 25.5 Å². The summed E-state index contributed by atoms with van der Waals surface area (Å²) in [6.45, 7) is 2.17. The predicted octanol–water partition coefficient (Wildman–Crippen LogP) is 3.34. The lowest BCUT2D eigenvalue weighted by Crippen LogP contribution is -1.93. The molecule has 0 saturated heterocycles. The van der Waals surface area contributed by atoms with Crippen LogP contribution in [0, 0.1) is 0 Å². The molecule has 1 nitrogen and oxygen atoms in total. The first kappa shape index (κ1) is 8.38. The lowest BCUT2D eigenvalue weighted by molar-refractivity contribution is 0.378. The molecule has 0 bridgehead atoms. The summed E-state index contributed by atoms with van der Waals surface area (Å²) in [5.74, 6) is 0.612. The van der Waals surface area contributed by atoms with Gasteiger partial charge in [-0.25, -0.2) is 0 Å². The highest BCUT2D eigenvalue weighted by Gasteiger charge is 2.04. The Balaban J connectivity index is 2.47. The van der Waals surface area contributed by atoms with Gasteiger partial charge in [0.25, 0.3) is 0 Å². The molecular weight excluding hydrogens is 136 g/mol. The largest absolute Gasteiger partial charge is 0.512 e. The number of hydrogen-bond acceptors (Lipinski definition) is 1. The monoisotopic (exact) mass is 152 g/mol. The van der Waals surface area contributed by atoms with E-state index in [1.165, 1.54) is 12.8 Å². The first-order valence-electron chi connectivity index (χ1n) is 4.42. The van der Waals surface area contributed by atoms with Crippen molar-refractivity contribution < 1.29 is 5.11 Å². The summed E-state index contributed by atoms with van der Waals surface area (Å²) in [6, 6.07) is 0. The highest BCUT2D eigenvalue weighted by molar-refractivity contribution is 5.25. The lowest BCUT2D eigenvalue weighted by Gasteiger charge is -2.09. The highest BCUT2D eigenvalue weighted by Crippen LogP contribution is 2.20. The molecule has 0 fully saturated rings.